The number of H-pyrrole nitrogens is 1. The number of nitrogen functional groups attached to an aromatic ring is 1. The Balaban J connectivity index is 2.86. The Hall–Kier alpha value is -1.71. The summed E-state index contributed by atoms with van der Waals surface area (Å²) >= 11 is 0. The van der Waals surface area contributed by atoms with Gasteiger partial charge in [-0.2, -0.15) is 0 Å². The topological polar surface area (TPSA) is 74.9 Å². The molecule has 4 nitrogen and oxygen atoms in total. The molecule has 0 bridgehead atoms. The third-order valence-corrected chi connectivity index (χ3v) is 1.53. The highest BCUT2D eigenvalue weighted by Gasteiger charge is 2.00. The molecular weight excluding hydrogens is 142 g/mol. The normalized spacial score (nSPS) is 10.5. The maximum absolute atomic E-state index is 9.02. The molecular formula is C7H7N3O. The summed E-state index contributed by atoms with van der Waals surface area (Å²) in [6.07, 6.45) is 3.02. The molecule has 0 aliphatic heterocycles. The van der Waals surface area contributed by atoms with E-state index in [9.17, 15) is 0 Å². The van der Waals surface area contributed by atoms with Gasteiger partial charge in [-0.25, -0.2) is 4.98 Å². The summed E-state index contributed by atoms with van der Waals surface area (Å²) in [6, 6.07) is 1.58. The summed E-state index contributed by atoms with van der Waals surface area (Å²) in [6.45, 7) is 0. The highest BCUT2D eigenvalue weighted by Crippen LogP contribution is 2.20. The lowest BCUT2D eigenvalue weighted by atomic mass is 10.3. The van der Waals surface area contributed by atoms with E-state index in [-0.39, 0.29) is 5.75 Å². The lowest BCUT2D eigenvalue weighted by molar-refractivity contribution is 0.474. The molecule has 11 heavy (non-hydrogen) atoms. The van der Waals surface area contributed by atoms with E-state index >= 15 is 0 Å². The van der Waals surface area contributed by atoms with Crippen molar-refractivity contribution in [3.8, 4) is 5.75 Å². The van der Waals surface area contributed by atoms with Crippen LogP contribution in [0.1, 0.15) is 0 Å². The highest BCUT2D eigenvalue weighted by molar-refractivity contribution is 5.87. The minimum absolute atomic E-state index is 0.138. The van der Waals surface area contributed by atoms with Crippen molar-refractivity contribution in [2.45, 2.75) is 0 Å². The molecule has 0 saturated heterocycles. The van der Waals surface area contributed by atoms with Crippen LogP contribution in [0.3, 0.4) is 0 Å². The van der Waals surface area contributed by atoms with E-state index in [0.29, 0.717) is 11.2 Å². The molecule has 0 amide bonds. The van der Waals surface area contributed by atoms with Gasteiger partial charge in [-0.15, -0.1) is 0 Å². The Labute approximate surface area is 62.7 Å². The van der Waals surface area contributed by atoms with E-state index in [1.807, 2.05) is 0 Å². The fraction of sp³-hybridized carbons (Fsp3) is 0. The first kappa shape index (κ1) is 6.03. The predicted molar refractivity (Wildman–Crippen MR) is 42.2 cm³/mol. The molecule has 2 heterocycles. The number of aromatic nitrogens is 2. The van der Waals surface area contributed by atoms with Crippen molar-refractivity contribution < 1.29 is 5.11 Å². The smallest absolute Gasteiger partial charge is 0.135 e. The van der Waals surface area contributed by atoms with E-state index in [0.717, 1.165) is 5.52 Å². The number of nitrogens with one attached hydrogen (secondary N) is 1. The van der Waals surface area contributed by atoms with Crippen LogP contribution in [-0.4, -0.2) is 15.1 Å². The largest absolute Gasteiger partial charge is 0.506 e. The van der Waals surface area contributed by atoms with Gasteiger partial charge in [-0.3, -0.25) is 0 Å². The zero-order chi connectivity index (χ0) is 7.84. The molecule has 2 aromatic heterocycles. The maximum Gasteiger partial charge on any atom is 0.135 e. The number of nitrogens with zero attached hydrogens (tertiary/aromatic N) is 1. The number of hydrogen-bond donors (Lipinski definition) is 3. The van der Waals surface area contributed by atoms with Crippen LogP contribution in [0.15, 0.2) is 18.5 Å². The van der Waals surface area contributed by atoms with Crippen LogP contribution in [0.4, 0.5) is 5.69 Å². The number of nitrogens with two attached hydrogens (primary N) is 1. The molecule has 0 atom stereocenters. The van der Waals surface area contributed by atoms with Crippen molar-refractivity contribution in [3.63, 3.8) is 0 Å². The van der Waals surface area contributed by atoms with Crippen LogP contribution in [0, 0.1) is 0 Å². The second kappa shape index (κ2) is 1.88. The average molecular weight is 149 g/mol. The second-order valence-electron chi connectivity index (χ2n) is 2.33. The number of hydrogen-bond acceptors (Lipinski definition) is 3. The van der Waals surface area contributed by atoms with Crippen molar-refractivity contribution in [2.75, 3.05) is 5.73 Å². The molecule has 0 aliphatic rings. The Morgan fingerprint density at radius 1 is 1.55 bits per heavy atom. The van der Waals surface area contributed by atoms with Crippen LogP contribution in [0.25, 0.3) is 11.0 Å². The average Bonchev–Trinajstić information content (AvgIpc) is 2.32. The number of fused-ring (bicyclic) bond motifs is 1. The predicted octanol–water partition coefficient (Wildman–Crippen LogP) is 0.851. The lowest BCUT2D eigenvalue weighted by Crippen LogP contribution is -1.82. The zero-order valence-corrected chi connectivity index (χ0v) is 5.70. The first-order chi connectivity index (χ1) is 5.27. The van der Waals surface area contributed by atoms with E-state index in [2.05, 4.69) is 9.97 Å². The van der Waals surface area contributed by atoms with E-state index in [1.165, 1.54) is 6.20 Å². The minimum atomic E-state index is 0.138. The standard InChI is InChI=1S/C7H7N3O/c8-5-3-9-6-1-4(11)2-10-7(5)6/h1-3,9,11H,8H2. The number of rotatable bonds is 0. The van der Waals surface area contributed by atoms with E-state index < -0.39 is 0 Å². The zero-order valence-electron chi connectivity index (χ0n) is 5.70. The minimum Gasteiger partial charge on any atom is -0.506 e. The van der Waals surface area contributed by atoms with Gasteiger partial charge >= 0.3 is 0 Å². The molecule has 0 fully saturated rings. The second-order valence-corrected chi connectivity index (χ2v) is 2.33. The fourth-order valence-corrected chi connectivity index (χ4v) is 1.02. The highest BCUT2D eigenvalue weighted by atomic mass is 16.3. The summed E-state index contributed by atoms with van der Waals surface area (Å²) < 4.78 is 0. The Kier molecular flexibility index (Phi) is 1.03. The molecule has 56 valence electrons. The molecule has 2 rings (SSSR count). The maximum atomic E-state index is 9.02. The lowest BCUT2D eigenvalue weighted by Gasteiger charge is -1.90. The van der Waals surface area contributed by atoms with Crippen molar-refractivity contribution in [1.82, 2.24) is 9.97 Å². The molecule has 4 N–H and O–H groups in total. The van der Waals surface area contributed by atoms with Gasteiger partial charge in [0.2, 0.25) is 0 Å². The van der Waals surface area contributed by atoms with Crippen LogP contribution in [0.5, 0.6) is 5.75 Å². The van der Waals surface area contributed by atoms with Crippen LogP contribution < -0.4 is 5.73 Å². The Morgan fingerprint density at radius 3 is 3.18 bits per heavy atom. The number of anilines is 1. The molecule has 0 radical (unpaired) electrons. The van der Waals surface area contributed by atoms with Crippen molar-refractivity contribution in [2.24, 2.45) is 0 Å². The van der Waals surface area contributed by atoms with Gasteiger partial charge in [-0.05, 0) is 0 Å². The summed E-state index contributed by atoms with van der Waals surface area (Å²) in [5, 5.41) is 9.02. The van der Waals surface area contributed by atoms with Gasteiger partial charge in [0.15, 0.2) is 0 Å². The summed E-state index contributed by atoms with van der Waals surface area (Å²) in [5.74, 6) is 0.138. The van der Waals surface area contributed by atoms with Crippen LogP contribution in [0.2, 0.25) is 0 Å². The van der Waals surface area contributed by atoms with Crippen LogP contribution in [-0.2, 0) is 0 Å². The summed E-state index contributed by atoms with van der Waals surface area (Å²) in [5.41, 5.74) is 7.60. The summed E-state index contributed by atoms with van der Waals surface area (Å²) in [4.78, 5) is 6.82. The fourth-order valence-electron chi connectivity index (χ4n) is 1.02. The monoisotopic (exact) mass is 149 g/mol. The van der Waals surface area contributed by atoms with Crippen molar-refractivity contribution >= 4 is 16.7 Å². The molecule has 0 aliphatic carbocycles. The van der Waals surface area contributed by atoms with Crippen molar-refractivity contribution in [3.05, 3.63) is 18.5 Å². The molecule has 0 aromatic carbocycles. The Bertz CT molecular complexity index is 393. The van der Waals surface area contributed by atoms with E-state index in [1.54, 1.807) is 12.3 Å². The van der Waals surface area contributed by atoms with Crippen LogP contribution >= 0.6 is 0 Å². The summed E-state index contributed by atoms with van der Waals surface area (Å²) in [7, 11) is 0. The van der Waals surface area contributed by atoms with Gasteiger partial charge in [-0.1, -0.05) is 0 Å². The van der Waals surface area contributed by atoms with Gasteiger partial charge in [0, 0.05) is 12.3 Å². The molecule has 0 unspecified atom stereocenters. The van der Waals surface area contributed by atoms with Crippen molar-refractivity contribution in [1.29, 1.82) is 0 Å². The molecule has 4 heteroatoms. The molecule has 0 spiro atoms. The first-order valence-electron chi connectivity index (χ1n) is 3.19. The first-order valence-corrected chi connectivity index (χ1v) is 3.19. The van der Waals surface area contributed by atoms with E-state index in [4.69, 9.17) is 10.8 Å². The van der Waals surface area contributed by atoms with Gasteiger partial charge in [0.1, 0.15) is 11.3 Å². The number of aromatic amines is 1. The number of pyridine rings is 1. The SMILES string of the molecule is Nc1c[nH]c2cc(O)cnc12. The molecule has 0 saturated carbocycles. The van der Waals surface area contributed by atoms with Gasteiger partial charge < -0.3 is 15.8 Å². The van der Waals surface area contributed by atoms with Gasteiger partial charge in [0.05, 0.1) is 17.4 Å². The Morgan fingerprint density at radius 2 is 2.36 bits per heavy atom. The molecule has 2 aromatic rings. The number of aromatic hydroxyl groups is 1. The quantitative estimate of drug-likeness (QED) is 0.519. The third-order valence-electron chi connectivity index (χ3n) is 1.53. The van der Waals surface area contributed by atoms with Gasteiger partial charge in [0.25, 0.3) is 0 Å². The third kappa shape index (κ3) is 0.797.